The summed E-state index contributed by atoms with van der Waals surface area (Å²) in [6.45, 7) is 16.7. The summed E-state index contributed by atoms with van der Waals surface area (Å²) in [6, 6.07) is 0.0981. The Morgan fingerprint density at radius 2 is 1.64 bits per heavy atom. The largest absolute Gasteiger partial charge is 0.462 e. The molecule has 6 heterocycles. The van der Waals surface area contributed by atoms with E-state index in [1.54, 1.807) is 33.3 Å². The molecule has 14 nitrogen and oxygen atoms in total. The zero-order chi connectivity index (χ0) is 46.2. The smallest absolute Gasteiger partial charge is 0.316 e. The van der Waals surface area contributed by atoms with Crippen LogP contribution in [0.5, 0.6) is 0 Å². The third-order valence-corrected chi connectivity index (χ3v) is 15.5. The van der Waals surface area contributed by atoms with Crippen molar-refractivity contribution in [3.8, 4) is 0 Å². The SMILES string of the molecule is CCC(C)[C@H]1OC2(CC[C@@H]1C)CC1CC(C/C=C(\C)[C@@H](O[C@H]3C[C@H](OC)[C@@H](O[C@H]4C[C@H](OC)[C@H](N(C)C)[C@H](C)O4)[C@H](C)O3)[C@@H](C)/C=C/C=C3\COC4[C@H](O)C(C)=C[C@@H](C(=O)O1)[C@]34O)O2. The van der Waals surface area contributed by atoms with Crippen LogP contribution >= 0.6 is 0 Å². The van der Waals surface area contributed by atoms with Crippen molar-refractivity contribution in [3.05, 3.63) is 47.1 Å². The molecule has 362 valence electrons. The summed E-state index contributed by atoms with van der Waals surface area (Å²) in [7, 11) is 7.50. The molecule has 6 aliphatic heterocycles. The van der Waals surface area contributed by atoms with Crippen molar-refractivity contribution in [2.75, 3.05) is 34.9 Å². The first-order valence-corrected chi connectivity index (χ1v) is 24.1. The molecule has 0 aromatic heterocycles. The molecule has 1 spiro atoms. The molecule has 5 fully saturated rings. The fourth-order valence-electron chi connectivity index (χ4n) is 11.7. The molecule has 2 bridgehead atoms. The lowest BCUT2D eigenvalue weighted by Gasteiger charge is -2.51. The third kappa shape index (κ3) is 10.2. The van der Waals surface area contributed by atoms with Gasteiger partial charge >= 0.3 is 5.97 Å². The van der Waals surface area contributed by atoms with Gasteiger partial charge in [-0.3, -0.25) is 4.79 Å². The first-order chi connectivity index (χ1) is 30.4. The van der Waals surface area contributed by atoms with Gasteiger partial charge in [0.2, 0.25) is 0 Å². The molecule has 0 saturated carbocycles. The van der Waals surface area contributed by atoms with E-state index in [1.807, 2.05) is 33.2 Å². The molecule has 0 radical (unpaired) electrons. The number of carbonyl (C=O) groups is 1. The van der Waals surface area contributed by atoms with E-state index in [0.29, 0.717) is 61.5 Å². The van der Waals surface area contributed by atoms with Crippen LogP contribution in [0.2, 0.25) is 0 Å². The summed E-state index contributed by atoms with van der Waals surface area (Å²) in [5, 5.41) is 23.8. The number of nitrogens with zero attached hydrogens (tertiary/aromatic N) is 1. The number of hydrogen-bond acceptors (Lipinski definition) is 14. The van der Waals surface area contributed by atoms with Crippen LogP contribution in [0, 0.1) is 23.7 Å². The summed E-state index contributed by atoms with van der Waals surface area (Å²) in [6.07, 6.45) is 8.76. The minimum absolute atomic E-state index is 0.000101. The summed E-state index contributed by atoms with van der Waals surface area (Å²) in [5.74, 6) is -2.04. The van der Waals surface area contributed by atoms with Crippen molar-refractivity contribution in [2.24, 2.45) is 23.7 Å². The van der Waals surface area contributed by atoms with Crippen LogP contribution in [0.4, 0.5) is 0 Å². The van der Waals surface area contributed by atoms with Crippen LogP contribution in [0.15, 0.2) is 47.1 Å². The highest BCUT2D eigenvalue weighted by atomic mass is 16.7. The van der Waals surface area contributed by atoms with Gasteiger partial charge in [0.25, 0.3) is 0 Å². The van der Waals surface area contributed by atoms with Gasteiger partial charge in [-0.25, -0.2) is 0 Å². The Hall–Kier alpha value is -2.05. The normalized spacial score (nSPS) is 48.3. The highest BCUT2D eigenvalue weighted by molar-refractivity contribution is 5.78. The number of allylic oxidation sites excluding steroid dienone is 2. The quantitative estimate of drug-likeness (QED) is 0.200. The number of fused-ring (bicyclic) bond motifs is 2. The number of hydrogen-bond donors (Lipinski definition) is 2. The summed E-state index contributed by atoms with van der Waals surface area (Å²) >= 11 is 0. The Labute approximate surface area is 381 Å². The van der Waals surface area contributed by atoms with Gasteiger partial charge in [0.05, 0.1) is 55.4 Å². The molecule has 5 unspecified atom stereocenters. The molecule has 14 heteroatoms. The lowest BCUT2D eigenvalue weighted by Crippen LogP contribution is -2.58. The number of methoxy groups -OCH3 is 2. The fraction of sp³-hybridized carbons (Fsp3) is 0.820. The standard InChI is InChI=1S/C50H79NO13/c1-13-27(2)45-30(5)19-20-49(64-45)25-36-22-35(63-49)18-17-29(4)44(28(3)15-14-16-34-26-57-47-43(52)31(6)21-37(48(53)60-36)50(34,47)54)61-41-24-39(56-12)46(33(8)59-41)62-40-23-38(55-11)42(51(9)10)32(7)58-40/h14-17,21,27-28,30,32-33,35-47,52,54H,13,18-20,22-26H2,1-12H3/b15-14+,29-17+,34-16+/t27?,28-,30-,32-,33-,35?,36?,37-,38-,39-,40-,41-,42+,43+,44-,45+,46-,47?,49?,50+/m0/s1. The lowest BCUT2D eigenvalue weighted by atomic mass is 9.71. The maximum Gasteiger partial charge on any atom is 0.316 e. The molecule has 0 amide bonds. The molecular weight excluding hydrogens is 823 g/mol. The van der Waals surface area contributed by atoms with E-state index in [9.17, 15) is 15.0 Å². The van der Waals surface area contributed by atoms with Crippen LogP contribution in [-0.4, -0.2) is 153 Å². The van der Waals surface area contributed by atoms with Crippen LogP contribution < -0.4 is 0 Å². The van der Waals surface area contributed by atoms with Gasteiger partial charge in [-0.2, -0.15) is 0 Å². The third-order valence-electron chi connectivity index (χ3n) is 15.5. The van der Waals surface area contributed by atoms with Gasteiger partial charge in [-0.1, -0.05) is 64.5 Å². The second-order valence-corrected chi connectivity index (χ2v) is 20.3. The topological polar surface area (TPSA) is 153 Å². The molecule has 0 aromatic carbocycles. The molecule has 7 aliphatic rings. The second kappa shape index (κ2) is 20.7. The summed E-state index contributed by atoms with van der Waals surface area (Å²) in [4.78, 5) is 16.5. The molecule has 1 aliphatic carbocycles. The fourth-order valence-corrected chi connectivity index (χ4v) is 11.7. The van der Waals surface area contributed by atoms with E-state index >= 15 is 0 Å². The molecule has 2 N–H and O–H groups in total. The van der Waals surface area contributed by atoms with Crippen LogP contribution in [0.3, 0.4) is 0 Å². The van der Waals surface area contributed by atoms with Gasteiger partial charge in [-0.15, -0.1) is 0 Å². The van der Waals surface area contributed by atoms with Crippen LogP contribution in [0.1, 0.15) is 107 Å². The van der Waals surface area contributed by atoms with Crippen molar-refractivity contribution in [1.29, 1.82) is 0 Å². The Morgan fingerprint density at radius 1 is 0.938 bits per heavy atom. The number of rotatable bonds is 9. The summed E-state index contributed by atoms with van der Waals surface area (Å²) in [5.41, 5.74) is 0.236. The average Bonchev–Trinajstić information content (AvgIpc) is 3.60. The molecule has 20 atom stereocenters. The lowest BCUT2D eigenvalue weighted by molar-refractivity contribution is -0.340. The van der Waals surface area contributed by atoms with E-state index in [1.165, 1.54) is 0 Å². The number of likely N-dealkylation sites (N-methyl/N-ethyl adjacent to an activating group) is 1. The minimum atomic E-state index is -1.81. The van der Waals surface area contributed by atoms with Gasteiger partial charge in [-0.05, 0) is 83.2 Å². The monoisotopic (exact) mass is 902 g/mol. The first kappa shape index (κ1) is 49.8. The predicted molar refractivity (Wildman–Crippen MR) is 239 cm³/mol. The van der Waals surface area contributed by atoms with Gasteiger partial charge in [0.15, 0.2) is 18.4 Å². The molecule has 5 saturated heterocycles. The van der Waals surface area contributed by atoms with Crippen molar-refractivity contribution in [3.63, 3.8) is 0 Å². The zero-order valence-corrected chi connectivity index (χ0v) is 40.5. The molecular formula is C50H79NO13. The Balaban J connectivity index is 1.17. The van der Waals surface area contributed by atoms with E-state index in [4.69, 9.17) is 47.4 Å². The van der Waals surface area contributed by atoms with Crippen LogP contribution in [0.25, 0.3) is 0 Å². The maximum atomic E-state index is 14.4. The van der Waals surface area contributed by atoms with Crippen molar-refractivity contribution < 1.29 is 62.4 Å². The molecule has 64 heavy (non-hydrogen) atoms. The highest BCUT2D eigenvalue weighted by Gasteiger charge is 2.60. The van der Waals surface area contributed by atoms with Gasteiger partial charge in [0, 0.05) is 52.2 Å². The van der Waals surface area contributed by atoms with Gasteiger partial charge < -0.3 is 62.5 Å². The highest BCUT2D eigenvalue weighted by Crippen LogP contribution is 2.48. The van der Waals surface area contributed by atoms with Gasteiger partial charge in [0.1, 0.15) is 35.9 Å². The zero-order valence-electron chi connectivity index (χ0n) is 40.5. The second-order valence-electron chi connectivity index (χ2n) is 20.3. The number of esters is 1. The predicted octanol–water partition coefficient (Wildman–Crippen LogP) is 6.17. The summed E-state index contributed by atoms with van der Waals surface area (Å²) < 4.78 is 65.1. The Kier molecular flexibility index (Phi) is 16.1. The van der Waals surface area contributed by atoms with Crippen LogP contribution in [-0.2, 0) is 52.2 Å². The van der Waals surface area contributed by atoms with E-state index < -0.39 is 66.4 Å². The minimum Gasteiger partial charge on any atom is -0.462 e. The van der Waals surface area contributed by atoms with Crippen molar-refractivity contribution in [2.45, 2.75) is 204 Å². The number of carbonyl (C=O) groups excluding carboxylic acids is 1. The first-order valence-electron chi connectivity index (χ1n) is 24.1. The molecule has 7 rings (SSSR count). The van der Waals surface area contributed by atoms with Crippen molar-refractivity contribution >= 4 is 5.97 Å². The van der Waals surface area contributed by atoms with E-state index in [0.717, 1.165) is 18.4 Å². The average molecular weight is 902 g/mol. The number of aliphatic hydroxyl groups is 2. The van der Waals surface area contributed by atoms with Crippen molar-refractivity contribution in [1.82, 2.24) is 4.90 Å². The Bertz CT molecular complexity index is 1730. The van der Waals surface area contributed by atoms with E-state index in [-0.39, 0.29) is 55.2 Å². The number of aliphatic hydroxyl groups excluding tert-OH is 1. The Morgan fingerprint density at radius 3 is 2.34 bits per heavy atom. The molecule has 0 aromatic rings. The number of ether oxygens (including phenoxy) is 10. The van der Waals surface area contributed by atoms with E-state index in [2.05, 4.69) is 52.5 Å². The maximum absolute atomic E-state index is 14.4.